The fraction of sp³-hybridized carbons (Fsp3) is 0.896. The van der Waals surface area contributed by atoms with Crippen molar-refractivity contribution in [3.63, 3.8) is 0 Å². The predicted octanol–water partition coefficient (Wildman–Crippen LogP) is 9.11. The Hall–Kier alpha value is -1.37. The van der Waals surface area contributed by atoms with Gasteiger partial charge in [0.1, 0.15) is 30.5 Å². The van der Waals surface area contributed by atoms with E-state index in [0.29, 0.717) is 6.42 Å². The third kappa shape index (κ3) is 28.2. The minimum Gasteiger partial charge on any atom is -0.394 e. The van der Waals surface area contributed by atoms with Gasteiger partial charge in [0.15, 0.2) is 6.29 Å². The maximum Gasteiger partial charge on any atom is 0.249 e. The van der Waals surface area contributed by atoms with Crippen LogP contribution < -0.4 is 5.32 Å². The maximum atomic E-state index is 13.0. The number of unbranched alkanes of at least 4 members (excludes halogenated alkanes) is 24. The topological polar surface area (TPSA) is 169 Å². The van der Waals surface area contributed by atoms with Crippen molar-refractivity contribution in [3.8, 4) is 0 Å². The molecule has 0 saturated carbocycles. The van der Waals surface area contributed by atoms with E-state index >= 15 is 0 Å². The number of hydrogen-bond acceptors (Lipinski definition) is 9. The highest BCUT2D eigenvalue weighted by Crippen LogP contribution is 2.23. The highest BCUT2D eigenvalue weighted by molar-refractivity contribution is 5.80. The number of allylic oxidation sites excluding steroid dienone is 3. The fourth-order valence-corrected chi connectivity index (χ4v) is 7.58. The van der Waals surface area contributed by atoms with Crippen LogP contribution in [0.3, 0.4) is 0 Å². The first-order chi connectivity index (χ1) is 28.1. The molecule has 0 aliphatic carbocycles. The summed E-state index contributed by atoms with van der Waals surface area (Å²) in [6, 6.07) is -0.994. The standard InChI is InChI=1S/C48H91NO9/c1-4-5-6-7-8-9-10-11-12-13-14-15-16-17-18-19-24-27-30-33-36-42(52)47(56)49-40(38-57-48-46(55)45(54)44(53)43(37-50)58-48)41(51)35-32-29-26-23-21-20-22-25-28-31-34-39(2)3/h27,30,32,35,39-46,48,50-55H,4-26,28-29,31,33-34,36-38H2,1-3H3,(H,49,56)/b30-27?,35-32+/t40-,41+,42+,43+,44+,45-,46+,48+/m0/s1. The van der Waals surface area contributed by atoms with Crippen LogP contribution in [0.15, 0.2) is 24.3 Å². The van der Waals surface area contributed by atoms with Crippen LogP contribution in [0.1, 0.15) is 207 Å². The molecule has 0 spiro atoms. The molecule has 342 valence electrons. The maximum absolute atomic E-state index is 13.0. The summed E-state index contributed by atoms with van der Waals surface area (Å²) < 4.78 is 11.1. The lowest BCUT2D eigenvalue weighted by molar-refractivity contribution is -0.302. The molecule has 0 unspecified atom stereocenters. The van der Waals surface area contributed by atoms with Gasteiger partial charge in [-0.1, -0.05) is 193 Å². The summed E-state index contributed by atoms with van der Waals surface area (Å²) in [6.45, 7) is 5.90. The van der Waals surface area contributed by atoms with E-state index in [1.807, 2.05) is 12.2 Å². The summed E-state index contributed by atoms with van der Waals surface area (Å²) in [6.07, 6.45) is 32.9. The molecule has 58 heavy (non-hydrogen) atoms. The van der Waals surface area contributed by atoms with Crippen LogP contribution in [0.5, 0.6) is 0 Å². The second kappa shape index (κ2) is 37.4. The lowest BCUT2D eigenvalue weighted by Crippen LogP contribution is -2.60. The first kappa shape index (κ1) is 54.6. The molecular formula is C48H91NO9. The third-order valence-electron chi connectivity index (χ3n) is 11.6. The van der Waals surface area contributed by atoms with Crippen LogP contribution in [0.25, 0.3) is 0 Å². The van der Waals surface area contributed by atoms with E-state index in [9.17, 15) is 35.4 Å². The number of aliphatic hydroxyl groups excluding tert-OH is 6. The molecule has 1 aliphatic rings. The quantitative estimate of drug-likeness (QED) is 0.0236. The number of amides is 1. The van der Waals surface area contributed by atoms with Crippen LogP contribution in [-0.2, 0) is 14.3 Å². The zero-order valence-corrected chi connectivity index (χ0v) is 37.3. The molecule has 0 aromatic heterocycles. The average Bonchev–Trinajstić information content (AvgIpc) is 3.21. The van der Waals surface area contributed by atoms with Crippen molar-refractivity contribution in [3.05, 3.63) is 24.3 Å². The van der Waals surface area contributed by atoms with Crippen molar-refractivity contribution < 1.29 is 44.9 Å². The second-order valence-electron chi connectivity index (χ2n) is 17.5. The Bertz CT molecular complexity index is 992. The molecule has 1 amide bonds. The molecule has 7 N–H and O–H groups in total. The Kier molecular flexibility index (Phi) is 35.2. The van der Waals surface area contributed by atoms with E-state index in [-0.39, 0.29) is 13.0 Å². The van der Waals surface area contributed by atoms with E-state index in [1.54, 1.807) is 6.08 Å². The minimum atomic E-state index is -1.61. The Labute approximate surface area is 354 Å². The van der Waals surface area contributed by atoms with Gasteiger partial charge >= 0.3 is 0 Å². The zero-order valence-electron chi connectivity index (χ0n) is 37.3. The summed E-state index contributed by atoms with van der Waals surface area (Å²) in [5.41, 5.74) is 0. The van der Waals surface area contributed by atoms with Gasteiger partial charge in [-0.2, -0.15) is 0 Å². The first-order valence-electron chi connectivity index (χ1n) is 24.0. The number of carbonyl (C=O) groups excluding carboxylic acids is 1. The Balaban J connectivity index is 2.38. The smallest absolute Gasteiger partial charge is 0.249 e. The predicted molar refractivity (Wildman–Crippen MR) is 236 cm³/mol. The third-order valence-corrected chi connectivity index (χ3v) is 11.6. The molecule has 10 heteroatoms. The number of ether oxygens (including phenoxy) is 2. The van der Waals surface area contributed by atoms with E-state index in [0.717, 1.165) is 38.0 Å². The van der Waals surface area contributed by atoms with Crippen LogP contribution >= 0.6 is 0 Å². The molecule has 0 bridgehead atoms. The lowest BCUT2D eigenvalue weighted by Gasteiger charge is -2.40. The first-order valence-corrected chi connectivity index (χ1v) is 24.0. The number of aliphatic hydroxyl groups is 6. The summed E-state index contributed by atoms with van der Waals surface area (Å²) in [5, 5.41) is 64.6. The Morgan fingerprint density at radius 3 is 1.59 bits per heavy atom. The van der Waals surface area contributed by atoms with E-state index in [1.165, 1.54) is 141 Å². The van der Waals surface area contributed by atoms with E-state index in [2.05, 4.69) is 32.2 Å². The zero-order chi connectivity index (χ0) is 42.6. The van der Waals surface area contributed by atoms with Gasteiger partial charge in [-0.25, -0.2) is 0 Å². The molecule has 0 aromatic rings. The average molecular weight is 826 g/mol. The van der Waals surface area contributed by atoms with Crippen molar-refractivity contribution in [1.82, 2.24) is 5.32 Å². The SMILES string of the molecule is CCCCCCCCCCCCCCCCCCC=CCC[C@@H](O)C(=O)N[C@@H](CO[C@@H]1O[C@H](CO)[C@@H](O)[C@H](O)[C@H]1O)[C@H](O)/C=C/CCCCCCCCCCC(C)C. The molecular weight excluding hydrogens is 735 g/mol. The molecule has 10 nitrogen and oxygen atoms in total. The molecule has 1 rings (SSSR count). The molecule has 1 saturated heterocycles. The van der Waals surface area contributed by atoms with Crippen LogP contribution in [-0.4, -0.2) is 98.7 Å². The summed E-state index contributed by atoms with van der Waals surface area (Å²) in [5.74, 6) is 0.130. The van der Waals surface area contributed by atoms with E-state index in [4.69, 9.17) is 9.47 Å². The monoisotopic (exact) mass is 826 g/mol. The largest absolute Gasteiger partial charge is 0.394 e. The molecule has 8 atom stereocenters. The molecule has 0 radical (unpaired) electrons. The highest BCUT2D eigenvalue weighted by atomic mass is 16.7. The number of hydrogen-bond donors (Lipinski definition) is 7. The lowest BCUT2D eigenvalue weighted by atomic mass is 9.99. The van der Waals surface area contributed by atoms with Gasteiger partial charge in [-0.15, -0.1) is 0 Å². The van der Waals surface area contributed by atoms with Crippen LogP contribution in [0, 0.1) is 5.92 Å². The molecule has 1 fully saturated rings. The van der Waals surface area contributed by atoms with Crippen LogP contribution in [0.4, 0.5) is 0 Å². The highest BCUT2D eigenvalue weighted by Gasteiger charge is 2.44. The number of rotatable bonds is 39. The van der Waals surface area contributed by atoms with Gasteiger partial charge in [0.2, 0.25) is 5.91 Å². The molecule has 1 heterocycles. The molecule has 1 aliphatic heterocycles. The summed E-state index contributed by atoms with van der Waals surface area (Å²) in [4.78, 5) is 13.0. The minimum absolute atomic E-state index is 0.228. The van der Waals surface area contributed by atoms with Crippen molar-refractivity contribution in [2.24, 2.45) is 5.92 Å². The second-order valence-corrected chi connectivity index (χ2v) is 17.5. The number of nitrogens with one attached hydrogen (secondary N) is 1. The van der Waals surface area contributed by atoms with Gasteiger partial charge in [-0.3, -0.25) is 4.79 Å². The van der Waals surface area contributed by atoms with Crippen LogP contribution in [0.2, 0.25) is 0 Å². The summed E-state index contributed by atoms with van der Waals surface area (Å²) >= 11 is 0. The van der Waals surface area contributed by atoms with Gasteiger partial charge in [0, 0.05) is 0 Å². The normalized spacial score (nSPS) is 21.7. The Morgan fingerprint density at radius 1 is 0.621 bits per heavy atom. The van der Waals surface area contributed by atoms with Gasteiger partial charge in [0.05, 0.1) is 25.4 Å². The van der Waals surface area contributed by atoms with Gasteiger partial charge in [0.25, 0.3) is 0 Å². The van der Waals surface area contributed by atoms with Crippen molar-refractivity contribution in [2.45, 2.75) is 256 Å². The van der Waals surface area contributed by atoms with E-state index < -0.39 is 61.5 Å². The van der Waals surface area contributed by atoms with Gasteiger partial charge in [-0.05, 0) is 44.4 Å². The fourth-order valence-electron chi connectivity index (χ4n) is 7.58. The summed E-state index contributed by atoms with van der Waals surface area (Å²) in [7, 11) is 0. The van der Waals surface area contributed by atoms with Crippen molar-refractivity contribution in [1.29, 1.82) is 0 Å². The number of carbonyl (C=O) groups is 1. The van der Waals surface area contributed by atoms with Gasteiger partial charge < -0.3 is 45.4 Å². The Morgan fingerprint density at radius 2 is 1.09 bits per heavy atom. The van der Waals surface area contributed by atoms with Crippen molar-refractivity contribution >= 4 is 5.91 Å². The van der Waals surface area contributed by atoms with Crippen molar-refractivity contribution in [2.75, 3.05) is 13.2 Å². The molecule has 0 aromatic carbocycles.